The lowest BCUT2D eigenvalue weighted by atomic mass is 10.0. The molecule has 1 unspecified atom stereocenters. The molecule has 3 rings (SSSR count). The fourth-order valence-corrected chi connectivity index (χ4v) is 3.62. The van der Waals surface area contributed by atoms with Crippen LogP contribution >= 0.6 is 31.9 Å². The van der Waals surface area contributed by atoms with E-state index in [4.69, 9.17) is 0 Å². The highest BCUT2D eigenvalue weighted by atomic mass is 79.9. The Bertz CT molecular complexity index is 657. The smallest absolute Gasteiger partial charge is 0.255 e. The lowest BCUT2D eigenvalue weighted by molar-refractivity contribution is 0.0734. The van der Waals surface area contributed by atoms with Crippen LogP contribution in [0.2, 0.25) is 0 Å². The third-order valence-electron chi connectivity index (χ3n) is 3.86. The molecule has 1 aliphatic heterocycles. The highest BCUT2D eigenvalue weighted by molar-refractivity contribution is 9.11. The maximum Gasteiger partial charge on any atom is 0.255 e. The van der Waals surface area contributed by atoms with Crippen LogP contribution < -0.4 is 0 Å². The topological polar surface area (TPSA) is 20.3 Å². The summed E-state index contributed by atoms with van der Waals surface area (Å²) in [7, 11) is 0. The molecule has 1 atom stereocenters. The van der Waals surface area contributed by atoms with Gasteiger partial charge in [0.1, 0.15) is 0 Å². The summed E-state index contributed by atoms with van der Waals surface area (Å²) < 4.78 is 1.76. The third-order valence-corrected chi connectivity index (χ3v) is 5.04. The molecule has 2 nitrogen and oxygen atoms in total. The van der Waals surface area contributed by atoms with Gasteiger partial charge in [0.15, 0.2) is 0 Å². The van der Waals surface area contributed by atoms with Crippen LogP contribution in [0.4, 0.5) is 0 Å². The highest BCUT2D eigenvalue weighted by Gasteiger charge is 2.31. The number of hydrogen-bond acceptors (Lipinski definition) is 1. The first-order valence-electron chi connectivity index (χ1n) is 6.98. The molecule has 4 heteroatoms. The van der Waals surface area contributed by atoms with Crippen LogP contribution in [0, 0.1) is 0 Å². The molecule has 0 saturated carbocycles. The van der Waals surface area contributed by atoms with Gasteiger partial charge in [-0.15, -0.1) is 0 Å². The van der Waals surface area contributed by atoms with E-state index in [1.54, 1.807) is 0 Å². The van der Waals surface area contributed by atoms with Crippen molar-refractivity contribution in [1.82, 2.24) is 4.90 Å². The average molecular weight is 409 g/mol. The number of amides is 1. The summed E-state index contributed by atoms with van der Waals surface area (Å²) in [5, 5.41) is 0. The molecule has 2 aromatic carbocycles. The van der Waals surface area contributed by atoms with Gasteiger partial charge in [-0.05, 0) is 52.5 Å². The maximum absolute atomic E-state index is 12.9. The van der Waals surface area contributed by atoms with E-state index in [0.717, 1.165) is 28.3 Å². The largest absolute Gasteiger partial charge is 0.332 e. The molecule has 0 spiro atoms. The molecule has 1 saturated heterocycles. The molecular weight excluding hydrogens is 394 g/mol. The van der Waals surface area contributed by atoms with Gasteiger partial charge in [0.25, 0.3) is 5.91 Å². The van der Waals surface area contributed by atoms with Gasteiger partial charge in [0, 0.05) is 15.5 Å². The predicted octanol–water partition coefficient (Wildman–Crippen LogP) is 5.19. The van der Waals surface area contributed by atoms with Gasteiger partial charge in [0.2, 0.25) is 0 Å². The van der Waals surface area contributed by atoms with E-state index in [-0.39, 0.29) is 11.9 Å². The molecule has 0 aliphatic carbocycles. The molecule has 0 N–H and O–H groups in total. The fourth-order valence-electron chi connectivity index (χ4n) is 2.85. The van der Waals surface area contributed by atoms with E-state index < -0.39 is 0 Å². The number of likely N-dealkylation sites (tertiary alicyclic amines) is 1. The minimum atomic E-state index is 0.0922. The number of halogens is 2. The zero-order chi connectivity index (χ0) is 14.8. The number of benzene rings is 2. The molecule has 21 heavy (non-hydrogen) atoms. The quantitative estimate of drug-likeness (QED) is 0.669. The monoisotopic (exact) mass is 407 g/mol. The summed E-state index contributed by atoms with van der Waals surface area (Å²) in [5.74, 6) is 0.0922. The van der Waals surface area contributed by atoms with Crippen LogP contribution in [0.5, 0.6) is 0 Å². The van der Waals surface area contributed by atoms with Gasteiger partial charge in [-0.3, -0.25) is 4.79 Å². The number of carbonyl (C=O) groups is 1. The summed E-state index contributed by atoms with van der Waals surface area (Å²) in [6, 6.07) is 16.2. The van der Waals surface area contributed by atoms with E-state index in [9.17, 15) is 4.79 Å². The van der Waals surface area contributed by atoms with Crippen molar-refractivity contribution in [2.45, 2.75) is 18.9 Å². The molecule has 0 aromatic heterocycles. The molecule has 1 amide bonds. The molecule has 1 heterocycles. The maximum atomic E-state index is 12.9. The SMILES string of the molecule is O=C(c1cc(Br)ccc1Br)N1CCCC1c1ccccc1. The Morgan fingerprint density at radius 2 is 1.86 bits per heavy atom. The summed E-state index contributed by atoms with van der Waals surface area (Å²) in [4.78, 5) is 14.9. The van der Waals surface area contributed by atoms with Crippen molar-refractivity contribution in [2.75, 3.05) is 6.54 Å². The Morgan fingerprint density at radius 1 is 1.10 bits per heavy atom. The fraction of sp³-hybridized carbons (Fsp3) is 0.235. The second-order valence-corrected chi connectivity index (χ2v) is 6.96. The Hall–Kier alpha value is -1.13. The van der Waals surface area contributed by atoms with Gasteiger partial charge in [-0.2, -0.15) is 0 Å². The number of rotatable bonds is 2. The number of hydrogen-bond donors (Lipinski definition) is 0. The summed E-state index contributed by atoms with van der Waals surface area (Å²) in [5.41, 5.74) is 1.93. The predicted molar refractivity (Wildman–Crippen MR) is 91.3 cm³/mol. The van der Waals surface area contributed by atoms with Crippen LogP contribution in [0.3, 0.4) is 0 Å². The first kappa shape index (κ1) is 14.8. The molecule has 0 bridgehead atoms. The Balaban J connectivity index is 1.92. The molecule has 1 fully saturated rings. The van der Waals surface area contributed by atoms with Crippen LogP contribution in [-0.4, -0.2) is 17.4 Å². The van der Waals surface area contributed by atoms with E-state index in [1.165, 1.54) is 5.56 Å². The molecule has 2 aromatic rings. The first-order chi connectivity index (χ1) is 10.2. The standard InChI is InChI=1S/C17H15Br2NO/c18-13-8-9-15(19)14(11-13)17(21)20-10-4-7-16(20)12-5-2-1-3-6-12/h1-3,5-6,8-9,11,16H,4,7,10H2. The molecule has 0 radical (unpaired) electrons. The summed E-state index contributed by atoms with van der Waals surface area (Å²) >= 11 is 6.93. The second kappa shape index (κ2) is 6.32. The van der Waals surface area contributed by atoms with Crippen LogP contribution in [-0.2, 0) is 0 Å². The molecular formula is C17H15Br2NO. The third kappa shape index (κ3) is 3.06. The van der Waals surface area contributed by atoms with Gasteiger partial charge in [0.05, 0.1) is 11.6 Å². The van der Waals surface area contributed by atoms with Crippen LogP contribution in [0.15, 0.2) is 57.5 Å². The van der Waals surface area contributed by atoms with Crippen molar-refractivity contribution in [3.05, 3.63) is 68.6 Å². The average Bonchev–Trinajstić information content (AvgIpc) is 2.99. The zero-order valence-corrected chi connectivity index (χ0v) is 14.6. The van der Waals surface area contributed by atoms with E-state index in [0.29, 0.717) is 5.56 Å². The normalized spacial score (nSPS) is 18.0. The van der Waals surface area contributed by atoms with E-state index >= 15 is 0 Å². The van der Waals surface area contributed by atoms with Gasteiger partial charge in [-0.1, -0.05) is 46.3 Å². The minimum absolute atomic E-state index is 0.0922. The minimum Gasteiger partial charge on any atom is -0.332 e. The van der Waals surface area contributed by atoms with Gasteiger partial charge < -0.3 is 4.90 Å². The second-order valence-electron chi connectivity index (χ2n) is 5.19. The van der Waals surface area contributed by atoms with Crippen molar-refractivity contribution < 1.29 is 4.79 Å². The Kier molecular flexibility index (Phi) is 4.45. The Labute approximate surface area is 141 Å². The summed E-state index contributed by atoms with van der Waals surface area (Å²) in [6.45, 7) is 0.817. The lowest BCUT2D eigenvalue weighted by Gasteiger charge is -2.25. The number of nitrogens with zero attached hydrogens (tertiary/aromatic N) is 1. The van der Waals surface area contributed by atoms with Crippen LogP contribution in [0.1, 0.15) is 34.8 Å². The number of carbonyl (C=O) groups excluding carboxylic acids is 1. The van der Waals surface area contributed by atoms with Gasteiger partial charge in [-0.25, -0.2) is 0 Å². The molecule has 108 valence electrons. The lowest BCUT2D eigenvalue weighted by Crippen LogP contribution is -2.30. The van der Waals surface area contributed by atoms with Crippen molar-refractivity contribution in [3.63, 3.8) is 0 Å². The van der Waals surface area contributed by atoms with Crippen molar-refractivity contribution in [3.8, 4) is 0 Å². The van der Waals surface area contributed by atoms with Crippen molar-refractivity contribution >= 4 is 37.8 Å². The van der Waals surface area contributed by atoms with Crippen molar-refractivity contribution in [2.24, 2.45) is 0 Å². The van der Waals surface area contributed by atoms with E-state index in [1.807, 2.05) is 41.3 Å². The highest BCUT2D eigenvalue weighted by Crippen LogP contribution is 2.34. The van der Waals surface area contributed by atoms with E-state index in [2.05, 4.69) is 44.0 Å². The molecule has 1 aliphatic rings. The Morgan fingerprint density at radius 3 is 2.62 bits per heavy atom. The van der Waals surface area contributed by atoms with Crippen molar-refractivity contribution in [1.29, 1.82) is 0 Å². The summed E-state index contributed by atoms with van der Waals surface area (Å²) in [6.07, 6.45) is 2.08. The van der Waals surface area contributed by atoms with Crippen LogP contribution in [0.25, 0.3) is 0 Å². The zero-order valence-electron chi connectivity index (χ0n) is 11.4. The first-order valence-corrected chi connectivity index (χ1v) is 8.56. The van der Waals surface area contributed by atoms with Gasteiger partial charge >= 0.3 is 0 Å².